The highest BCUT2D eigenvalue weighted by molar-refractivity contribution is 5.62. The Labute approximate surface area is 203 Å². The number of carbonyl (C=O) groups excluding carboxylic acids is 1. The zero-order valence-electron chi connectivity index (χ0n) is 19.0. The average Bonchev–Trinajstić information content (AvgIpc) is 3.36. The number of methoxy groups -OCH3 is 1. The smallest absolute Gasteiger partial charge is 0.451 e. The van der Waals surface area contributed by atoms with Gasteiger partial charge in [0.15, 0.2) is 5.82 Å². The monoisotopic (exact) mass is 494 g/mol. The van der Waals surface area contributed by atoms with Crippen LogP contribution >= 0.6 is 0 Å². The van der Waals surface area contributed by atoms with Crippen LogP contribution in [0.15, 0.2) is 71.9 Å². The zero-order valence-corrected chi connectivity index (χ0v) is 19.0. The van der Waals surface area contributed by atoms with E-state index in [-0.39, 0.29) is 23.1 Å². The third kappa shape index (κ3) is 4.30. The van der Waals surface area contributed by atoms with Gasteiger partial charge in [-0.1, -0.05) is 24.3 Å². The van der Waals surface area contributed by atoms with Crippen LogP contribution in [-0.4, -0.2) is 39.4 Å². The average molecular weight is 494 g/mol. The molecule has 1 atom stereocenters. The van der Waals surface area contributed by atoms with Gasteiger partial charge in [-0.25, -0.2) is 18.6 Å². The topological polar surface area (TPSA) is 97.5 Å². The SMILES string of the molecule is COC(=O)OCOc1c2n(ncc1=O)[C@@H](C(c1ccc(F)cc1)c1ccc(F)cc1)Cn1ccnc1-2. The maximum Gasteiger partial charge on any atom is 0.510 e. The number of ether oxygens (including phenoxy) is 3. The lowest BCUT2D eigenvalue weighted by Crippen LogP contribution is -2.33. The van der Waals surface area contributed by atoms with Gasteiger partial charge in [-0.05, 0) is 35.4 Å². The number of halogens is 2. The minimum Gasteiger partial charge on any atom is -0.451 e. The van der Waals surface area contributed by atoms with Gasteiger partial charge in [0, 0.05) is 24.9 Å². The summed E-state index contributed by atoms with van der Waals surface area (Å²) in [7, 11) is 1.15. The normalized spacial score (nSPS) is 14.2. The highest BCUT2D eigenvalue weighted by Crippen LogP contribution is 2.42. The fourth-order valence-corrected chi connectivity index (χ4v) is 4.42. The molecule has 0 saturated carbocycles. The number of hydrogen-bond acceptors (Lipinski definition) is 7. The lowest BCUT2D eigenvalue weighted by Gasteiger charge is -2.35. The molecule has 5 rings (SSSR count). The number of imidazole rings is 1. The predicted octanol–water partition coefficient (Wildman–Crippen LogP) is 3.89. The van der Waals surface area contributed by atoms with Gasteiger partial charge in [-0.2, -0.15) is 5.10 Å². The van der Waals surface area contributed by atoms with Crippen LogP contribution in [0.3, 0.4) is 0 Å². The summed E-state index contributed by atoms with van der Waals surface area (Å²) >= 11 is 0. The van der Waals surface area contributed by atoms with Crippen LogP contribution < -0.4 is 10.2 Å². The second kappa shape index (κ2) is 9.61. The predicted molar refractivity (Wildman–Crippen MR) is 122 cm³/mol. The van der Waals surface area contributed by atoms with E-state index in [1.165, 1.54) is 24.3 Å². The van der Waals surface area contributed by atoms with E-state index < -0.39 is 30.3 Å². The first-order valence-electron chi connectivity index (χ1n) is 10.9. The van der Waals surface area contributed by atoms with Crippen LogP contribution in [0, 0.1) is 11.6 Å². The van der Waals surface area contributed by atoms with E-state index in [9.17, 15) is 18.4 Å². The molecule has 11 heteroatoms. The molecule has 36 heavy (non-hydrogen) atoms. The van der Waals surface area contributed by atoms with Crippen molar-refractivity contribution in [2.24, 2.45) is 0 Å². The summed E-state index contributed by atoms with van der Waals surface area (Å²) in [6.45, 7) is -0.167. The molecule has 0 N–H and O–H groups in total. The summed E-state index contributed by atoms with van der Waals surface area (Å²) in [5.41, 5.74) is 1.27. The summed E-state index contributed by atoms with van der Waals surface area (Å²) in [6.07, 6.45) is 3.48. The molecular weight excluding hydrogens is 474 g/mol. The fourth-order valence-electron chi connectivity index (χ4n) is 4.42. The fraction of sp³-hybridized carbons (Fsp3) is 0.200. The van der Waals surface area contributed by atoms with Gasteiger partial charge in [0.25, 0.3) is 0 Å². The van der Waals surface area contributed by atoms with Crippen molar-refractivity contribution in [2.75, 3.05) is 13.9 Å². The van der Waals surface area contributed by atoms with E-state index in [0.29, 0.717) is 12.4 Å². The van der Waals surface area contributed by atoms with E-state index in [1.54, 1.807) is 41.3 Å². The van der Waals surface area contributed by atoms with Gasteiger partial charge < -0.3 is 18.8 Å². The maximum absolute atomic E-state index is 13.8. The standard InChI is InChI=1S/C25H20F2N4O5/c1-34-25(33)36-14-35-23-20(32)12-29-31-19(13-30-11-10-28-24(30)22(23)31)21(15-2-6-17(26)7-3-15)16-4-8-18(27)9-5-16/h2-12,19,21H,13-14H2,1H3/t19-/m1/s1. The first-order chi connectivity index (χ1) is 17.5. The largest absolute Gasteiger partial charge is 0.510 e. The number of benzene rings is 2. The molecule has 3 heterocycles. The van der Waals surface area contributed by atoms with Gasteiger partial charge >= 0.3 is 6.16 Å². The van der Waals surface area contributed by atoms with Gasteiger partial charge in [-0.3, -0.25) is 9.48 Å². The first kappa shape index (κ1) is 23.2. The Morgan fingerprint density at radius 2 is 1.72 bits per heavy atom. The summed E-state index contributed by atoms with van der Waals surface area (Å²) in [5, 5.41) is 4.40. The molecule has 0 bridgehead atoms. The summed E-state index contributed by atoms with van der Waals surface area (Å²) in [4.78, 5) is 28.5. The second-order valence-electron chi connectivity index (χ2n) is 8.04. The van der Waals surface area contributed by atoms with Crippen LogP contribution in [0.5, 0.6) is 5.75 Å². The van der Waals surface area contributed by atoms with Crippen molar-refractivity contribution >= 4 is 6.16 Å². The Hall–Kier alpha value is -4.54. The number of carbonyl (C=O) groups is 1. The molecule has 4 aromatic rings. The van der Waals surface area contributed by atoms with Crippen molar-refractivity contribution in [2.45, 2.75) is 18.5 Å². The van der Waals surface area contributed by atoms with Crippen LogP contribution in [0.25, 0.3) is 11.5 Å². The molecule has 9 nitrogen and oxygen atoms in total. The quantitative estimate of drug-likeness (QED) is 0.296. The van der Waals surface area contributed by atoms with Crippen molar-refractivity contribution in [3.63, 3.8) is 0 Å². The number of fused-ring (bicyclic) bond motifs is 3. The van der Waals surface area contributed by atoms with Crippen LogP contribution in [0.2, 0.25) is 0 Å². The molecule has 0 spiro atoms. The van der Waals surface area contributed by atoms with Crippen LogP contribution in [0.1, 0.15) is 23.1 Å². The number of rotatable bonds is 6. The molecule has 1 aliphatic heterocycles. The molecule has 0 saturated heterocycles. The van der Waals surface area contributed by atoms with Gasteiger partial charge in [0.05, 0.1) is 19.3 Å². The Balaban J connectivity index is 1.65. The number of nitrogens with zero attached hydrogens (tertiary/aromatic N) is 4. The van der Waals surface area contributed by atoms with Crippen molar-refractivity contribution in [1.29, 1.82) is 0 Å². The molecule has 2 aromatic heterocycles. The van der Waals surface area contributed by atoms with Gasteiger partial charge in [0.2, 0.25) is 18.0 Å². The summed E-state index contributed by atoms with van der Waals surface area (Å²) in [6, 6.07) is 11.6. The third-order valence-electron chi connectivity index (χ3n) is 5.98. The molecule has 2 aromatic carbocycles. The van der Waals surface area contributed by atoms with Crippen molar-refractivity contribution in [3.05, 3.63) is 100 Å². The van der Waals surface area contributed by atoms with Crippen molar-refractivity contribution in [3.8, 4) is 17.3 Å². The minimum absolute atomic E-state index is 0.108. The molecule has 0 amide bonds. The minimum atomic E-state index is -0.968. The first-order valence-corrected chi connectivity index (χ1v) is 10.9. The van der Waals surface area contributed by atoms with E-state index in [4.69, 9.17) is 9.47 Å². The van der Waals surface area contributed by atoms with Crippen LogP contribution in [-0.2, 0) is 16.0 Å². The van der Waals surface area contributed by atoms with E-state index >= 15 is 0 Å². The molecular formula is C25H20F2N4O5. The molecule has 0 unspecified atom stereocenters. The Morgan fingerprint density at radius 3 is 2.33 bits per heavy atom. The third-order valence-corrected chi connectivity index (χ3v) is 5.98. The number of aromatic nitrogens is 4. The van der Waals surface area contributed by atoms with E-state index in [0.717, 1.165) is 24.4 Å². The Morgan fingerprint density at radius 1 is 1.08 bits per heavy atom. The maximum atomic E-state index is 13.8. The van der Waals surface area contributed by atoms with Gasteiger partial charge in [-0.15, -0.1) is 0 Å². The van der Waals surface area contributed by atoms with Crippen molar-refractivity contribution < 1.29 is 27.8 Å². The summed E-state index contributed by atoms with van der Waals surface area (Å²) < 4.78 is 45.8. The number of hydrogen-bond donors (Lipinski definition) is 0. The highest BCUT2D eigenvalue weighted by Gasteiger charge is 2.36. The molecule has 0 fully saturated rings. The van der Waals surface area contributed by atoms with Crippen LogP contribution in [0.4, 0.5) is 13.6 Å². The lowest BCUT2D eigenvalue weighted by molar-refractivity contribution is 0.0143. The zero-order chi connectivity index (χ0) is 25.2. The second-order valence-corrected chi connectivity index (χ2v) is 8.04. The Kier molecular flexibility index (Phi) is 6.19. The lowest BCUT2D eigenvalue weighted by atomic mass is 9.84. The molecule has 184 valence electrons. The van der Waals surface area contributed by atoms with E-state index in [1.807, 2.05) is 4.57 Å². The van der Waals surface area contributed by atoms with Crippen molar-refractivity contribution in [1.82, 2.24) is 19.3 Å². The molecule has 1 aliphatic rings. The molecule has 0 radical (unpaired) electrons. The van der Waals surface area contributed by atoms with E-state index in [2.05, 4.69) is 14.8 Å². The summed E-state index contributed by atoms with van der Waals surface area (Å²) in [5.74, 6) is -0.861. The Bertz CT molecular complexity index is 1410. The molecule has 0 aliphatic carbocycles. The van der Waals surface area contributed by atoms with Gasteiger partial charge in [0.1, 0.15) is 17.3 Å². The highest BCUT2D eigenvalue weighted by atomic mass is 19.1.